The van der Waals surface area contributed by atoms with Crippen molar-refractivity contribution >= 4 is 24.0 Å². The second-order valence-corrected chi connectivity index (χ2v) is 13.7. The van der Waals surface area contributed by atoms with Gasteiger partial charge in [-0.1, -0.05) is 75.2 Å². The Hall–Kier alpha value is -2.86. The summed E-state index contributed by atoms with van der Waals surface area (Å²) < 4.78 is 7.52. The molecule has 5 fully saturated rings. The van der Waals surface area contributed by atoms with Crippen LogP contribution in [-0.2, 0) is 17.9 Å². The molecule has 0 radical (unpaired) electrons. The fraction of sp³-hybridized carbons (Fsp3) is 0.486. The van der Waals surface area contributed by atoms with Gasteiger partial charge in [-0.15, -0.1) is 25.5 Å². The first-order valence-corrected chi connectivity index (χ1v) is 16.2. The molecule has 6 heteroatoms. The Morgan fingerprint density at radius 2 is 1.47 bits per heavy atom. The molecule has 8 rings (SSSR count). The molecule has 5 aliphatic rings. The minimum absolute atomic E-state index is 0. The zero-order valence-electron chi connectivity index (χ0n) is 25.7. The molecule has 5 heterocycles. The van der Waals surface area contributed by atoms with Crippen LogP contribution in [0.5, 0.6) is 5.75 Å². The maximum atomic E-state index is 13.7. The van der Waals surface area contributed by atoms with E-state index in [1.807, 2.05) is 4.90 Å². The molecule has 43 heavy (non-hydrogen) atoms. The molecular formula is C37H46ClN3O2. The van der Waals surface area contributed by atoms with Gasteiger partial charge in [0.05, 0.1) is 31.1 Å². The number of nitrogens with zero attached hydrogens (tertiary/aromatic N) is 3. The van der Waals surface area contributed by atoms with Gasteiger partial charge in [-0.3, -0.25) is 4.79 Å². The third-order valence-electron chi connectivity index (χ3n) is 10.9. The molecule has 0 aliphatic carbocycles. The van der Waals surface area contributed by atoms with Gasteiger partial charge in [0.1, 0.15) is 18.9 Å². The quantitative estimate of drug-likeness (QED) is 0.193. The summed E-state index contributed by atoms with van der Waals surface area (Å²) in [5.74, 6) is 2.58. The normalized spacial score (nSPS) is 25.8. The lowest BCUT2D eigenvalue weighted by atomic mass is 9.62. The topological polar surface area (TPSA) is 43.6 Å². The Kier molecular flexibility index (Phi) is 8.61. The number of β-lactam (4-membered cyclic amide) rings is 1. The second kappa shape index (κ2) is 12.3. The van der Waals surface area contributed by atoms with Gasteiger partial charge < -0.3 is 19.4 Å². The zero-order valence-corrected chi connectivity index (χ0v) is 26.5. The molecular weight excluding hydrogens is 554 g/mol. The summed E-state index contributed by atoms with van der Waals surface area (Å²) in [5, 5.41) is 4.57. The van der Waals surface area contributed by atoms with Crippen molar-refractivity contribution in [3.8, 4) is 5.75 Å². The van der Waals surface area contributed by atoms with E-state index in [0.717, 1.165) is 43.3 Å². The van der Waals surface area contributed by atoms with Crippen LogP contribution in [-0.4, -0.2) is 43.1 Å². The summed E-state index contributed by atoms with van der Waals surface area (Å²) in [6.07, 6.45) is 5.91. The summed E-state index contributed by atoms with van der Waals surface area (Å²) in [4.78, 5) is 15.7. The van der Waals surface area contributed by atoms with E-state index in [-0.39, 0.29) is 29.8 Å². The van der Waals surface area contributed by atoms with E-state index in [9.17, 15) is 4.79 Å². The van der Waals surface area contributed by atoms with Crippen LogP contribution < -0.4 is 9.64 Å². The molecule has 5 aliphatic heterocycles. The third-order valence-corrected chi connectivity index (χ3v) is 10.9. The van der Waals surface area contributed by atoms with Crippen molar-refractivity contribution in [1.82, 2.24) is 0 Å². The van der Waals surface area contributed by atoms with Gasteiger partial charge in [0.2, 0.25) is 5.91 Å². The van der Waals surface area contributed by atoms with Gasteiger partial charge >= 0.3 is 0 Å². The average molecular weight is 600 g/mol. The number of amides is 1. The Morgan fingerprint density at radius 1 is 0.860 bits per heavy atom. The highest BCUT2D eigenvalue weighted by Crippen LogP contribution is 2.57. The number of ether oxygens (including phenoxy) is 1. The summed E-state index contributed by atoms with van der Waals surface area (Å²) in [6, 6.07) is 26.1. The van der Waals surface area contributed by atoms with Crippen molar-refractivity contribution in [1.29, 1.82) is 0 Å². The molecule has 2 bridgehead atoms. The summed E-state index contributed by atoms with van der Waals surface area (Å²) >= 11 is 0. The first-order chi connectivity index (χ1) is 20.4. The number of anilines is 1. The molecule has 3 aromatic carbocycles. The molecule has 0 aromatic heterocycles. The zero-order chi connectivity index (χ0) is 28.7. The van der Waals surface area contributed by atoms with Crippen LogP contribution in [0, 0.1) is 11.3 Å². The number of hydrogen-bond acceptors (Lipinski definition) is 2. The highest BCUT2D eigenvalue weighted by molar-refractivity contribution is 6.06. The van der Waals surface area contributed by atoms with Gasteiger partial charge in [0.25, 0.3) is 0 Å². The smallest absolute Gasteiger partial charge is 0.236 e. The number of fused-ring (bicyclic) bond motifs is 3. The lowest BCUT2D eigenvalue weighted by Gasteiger charge is -2.60. The van der Waals surface area contributed by atoms with Crippen molar-refractivity contribution in [2.75, 3.05) is 37.6 Å². The van der Waals surface area contributed by atoms with Crippen LogP contribution in [0.2, 0.25) is 0 Å². The van der Waals surface area contributed by atoms with Gasteiger partial charge in [-0.25, -0.2) is 0 Å². The number of benzene rings is 3. The molecule has 0 N–H and O–H groups in total. The summed E-state index contributed by atoms with van der Waals surface area (Å²) in [7, 11) is 0. The largest absolute Gasteiger partial charge is 0.662 e. The third kappa shape index (κ3) is 5.72. The molecule has 5 saturated heterocycles. The van der Waals surface area contributed by atoms with Crippen LogP contribution in [0.4, 0.5) is 5.69 Å². The Morgan fingerprint density at radius 3 is 2.07 bits per heavy atom. The standard InChI is InChI=1S/C37H45N3O2.ClH/c1-27(2)31-7-11-33(12-8-31)39-35(37(36(39)41)18-20-38-21-19-37)32-9-13-34(14-10-32)42-26-30-5-3-29(4-6-30)25-40-22-15-28(16-23-40)17-24-40;/h3-14,27-28,35H,15-26H2,1-2H3;1H. The van der Waals surface area contributed by atoms with Crippen LogP contribution >= 0.6 is 12.4 Å². The van der Waals surface area contributed by atoms with Gasteiger partial charge in [-0.2, -0.15) is 0 Å². The number of halogens is 1. The van der Waals surface area contributed by atoms with Crippen LogP contribution in [0.15, 0.2) is 72.8 Å². The number of carbonyl (C=O) groups is 1. The molecule has 0 saturated carbocycles. The van der Waals surface area contributed by atoms with Gasteiger partial charge in [0.15, 0.2) is 0 Å². The highest BCUT2D eigenvalue weighted by atomic mass is 35.5. The van der Waals surface area contributed by atoms with Crippen molar-refractivity contribution in [2.45, 2.75) is 71.1 Å². The molecule has 5 nitrogen and oxygen atoms in total. The lowest BCUT2D eigenvalue weighted by Crippen LogP contribution is -2.65. The van der Waals surface area contributed by atoms with Crippen molar-refractivity contribution < 1.29 is 14.0 Å². The summed E-state index contributed by atoms with van der Waals surface area (Å²) in [5.41, 5.74) is 5.76. The SMILES string of the molecule is CC(C)c1ccc(N2C(=O)C3(CC[N-]CC3)C2c2ccc(OCc3ccc(C[N+]45CCC(CC4)CC5)cc3)cc2)cc1.Cl. The first kappa shape index (κ1) is 30.2. The predicted molar refractivity (Wildman–Crippen MR) is 176 cm³/mol. The molecule has 3 aromatic rings. The number of quaternary nitrogens is 1. The fourth-order valence-electron chi connectivity index (χ4n) is 8.11. The average Bonchev–Trinajstić information content (AvgIpc) is 3.04. The number of piperidine rings is 4. The van der Waals surface area contributed by atoms with Crippen molar-refractivity contribution in [3.05, 3.63) is 100 Å². The van der Waals surface area contributed by atoms with E-state index in [0.29, 0.717) is 12.5 Å². The minimum atomic E-state index is -0.349. The van der Waals surface area contributed by atoms with E-state index < -0.39 is 0 Å². The van der Waals surface area contributed by atoms with Crippen LogP contribution in [0.3, 0.4) is 0 Å². The van der Waals surface area contributed by atoms with Gasteiger partial charge in [0, 0.05) is 11.3 Å². The Labute approximate surface area is 263 Å². The lowest BCUT2D eigenvalue weighted by molar-refractivity contribution is -0.955. The Balaban J connectivity index is 0.00000329. The maximum Gasteiger partial charge on any atom is 0.236 e. The minimum Gasteiger partial charge on any atom is -0.662 e. The van der Waals surface area contributed by atoms with Gasteiger partial charge in [-0.05, 0) is 72.1 Å². The molecule has 1 atom stereocenters. The van der Waals surface area contributed by atoms with Crippen molar-refractivity contribution in [3.63, 3.8) is 0 Å². The number of rotatable bonds is 8. The van der Waals surface area contributed by atoms with Crippen LogP contribution in [0.1, 0.15) is 80.2 Å². The van der Waals surface area contributed by atoms with E-state index in [1.165, 1.54) is 72.2 Å². The molecule has 1 amide bonds. The van der Waals surface area contributed by atoms with E-state index in [2.05, 4.69) is 92.0 Å². The predicted octanol–water partition coefficient (Wildman–Crippen LogP) is 8.18. The second-order valence-electron chi connectivity index (χ2n) is 13.7. The molecule has 1 spiro atoms. The van der Waals surface area contributed by atoms with Crippen LogP contribution in [0.25, 0.3) is 5.32 Å². The monoisotopic (exact) mass is 599 g/mol. The fourth-order valence-corrected chi connectivity index (χ4v) is 8.11. The maximum absolute atomic E-state index is 13.7. The Bertz CT molecular complexity index is 1380. The van der Waals surface area contributed by atoms with E-state index >= 15 is 0 Å². The van der Waals surface area contributed by atoms with E-state index in [1.54, 1.807) is 0 Å². The number of carbonyl (C=O) groups excluding carboxylic acids is 1. The molecule has 228 valence electrons. The van der Waals surface area contributed by atoms with Crippen molar-refractivity contribution in [2.24, 2.45) is 11.3 Å². The highest BCUT2D eigenvalue weighted by Gasteiger charge is 2.60. The number of hydrogen-bond donors (Lipinski definition) is 0. The molecule has 1 unspecified atom stereocenters. The summed E-state index contributed by atoms with van der Waals surface area (Å²) in [6.45, 7) is 11.7. The first-order valence-electron chi connectivity index (χ1n) is 16.2. The van der Waals surface area contributed by atoms with E-state index in [4.69, 9.17) is 4.74 Å².